The second kappa shape index (κ2) is 15.8. The highest BCUT2D eigenvalue weighted by molar-refractivity contribution is 5.95. The maximum absolute atomic E-state index is 15.3. The zero-order valence-corrected chi connectivity index (χ0v) is 22.9. The van der Waals surface area contributed by atoms with Crippen LogP contribution in [-0.2, 0) is 19.2 Å². The van der Waals surface area contributed by atoms with Crippen molar-refractivity contribution < 1.29 is 28.0 Å². The first-order valence-electron chi connectivity index (χ1n) is 13.6. The summed E-state index contributed by atoms with van der Waals surface area (Å²) in [5.41, 5.74) is 5.12. The summed E-state index contributed by atoms with van der Waals surface area (Å²) >= 11 is 0. The van der Waals surface area contributed by atoms with Crippen molar-refractivity contribution >= 4 is 23.6 Å². The van der Waals surface area contributed by atoms with Crippen LogP contribution in [0.15, 0.2) is 0 Å². The summed E-state index contributed by atoms with van der Waals surface area (Å²) in [6, 6.07) is -3.92. The molecule has 214 valence electrons. The molecular formula is C26H47F2N5O4. The monoisotopic (exact) mass is 531 g/mol. The third-order valence-corrected chi connectivity index (χ3v) is 6.36. The Bertz CT molecular complexity index is 758. The van der Waals surface area contributed by atoms with E-state index in [1.165, 1.54) is 0 Å². The summed E-state index contributed by atoms with van der Waals surface area (Å²) in [4.78, 5) is 51.1. The number of unbranched alkanes of at least 4 members (excludes halogenated alkanes) is 6. The van der Waals surface area contributed by atoms with Gasteiger partial charge in [0.25, 0.3) is 5.91 Å². The second-order valence-electron chi connectivity index (χ2n) is 11.2. The number of nitrogens with one attached hydrogen (secondary N) is 4. The number of carbonyl (C=O) groups excluding carboxylic acids is 4. The molecule has 1 heterocycles. The molecule has 0 saturated carbocycles. The molecule has 0 aromatic carbocycles. The first-order valence-corrected chi connectivity index (χ1v) is 13.6. The molecule has 37 heavy (non-hydrogen) atoms. The molecule has 1 aliphatic rings. The molecule has 11 heteroatoms. The minimum Gasteiger partial charge on any atom is -0.345 e. The van der Waals surface area contributed by atoms with Gasteiger partial charge in [-0.05, 0) is 37.6 Å². The van der Waals surface area contributed by atoms with Gasteiger partial charge in [-0.2, -0.15) is 8.78 Å². The van der Waals surface area contributed by atoms with Gasteiger partial charge in [-0.1, -0.05) is 72.6 Å². The number of alkyl halides is 2. The molecule has 1 fully saturated rings. The van der Waals surface area contributed by atoms with Crippen LogP contribution in [-0.4, -0.2) is 60.8 Å². The van der Waals surface area contributed by atoms with Crippen LogP contribution in [0.25, 0.3) is 0 Å². The zero-order valence-electron chi connectivity index (χ0n) is 22.9. The summed E-state index contributed by atoms with van der Waals surface area (Å²) in [5.74, 6) is -7.75. The van der Waals surface area contributed by atoms with E-state index in [4.69, 9.17) is 5.73 Å². The van der Waals surface area contributed by atoms with E-state index in [0.29, 0.717) is 19.3 Å². The van der Waals surface area contributed by atoms with Crippen molar-refractivity contribution in [2.24, 2.45) is 11.1 Å². The molecule has 0 radical (unpaired) electrons. The van der Waals surface area contributed by atoms with Crippen LogP contribution >= 0.6 is 0 Å². The van der Waals surface area contributed by atoms with E-state index in [2.05, 4.69) is 22.9 Å². The Balaban J connectivity index is 3.17. The average Bonchev–Trinajstić information content (AvgIpc) is 2.81. The first-order chi connectivity index (χ1) is 17.3. The average molecular weight is 532 g/mol. The van der Waals surface area contributed by atoms with Crippen LogP contribution in [0.3, 0.4) is 0 Å². The third kappa shape index (κ3) is 12.2. The van der Waals surface area contributed by atoms with E-state index in [1.54, 1.807) is 0 Å². The summed E-state index contributed by atoms with van der Waals surface area (Å²) in [6.07, 6.45) is 6.96. The van der Waals surface area contributed by atoms with Gasteiger partial charge in [0.15, 0.2) is 0 Å². The highest BCUT2D eigenvalue weighted by atomic mass is 19.3. The van der Waals surface area contributed by atoms with Crippen molar-refractivity contribution in [1.82, 2.24) is 21.3 Å². The molecule has 0 unspecified atom stereocenters. The fourth-order valence-electron chi connectivity index (χ4n) is 4.29. The standard InChI is InChI=1S/C26H47F2N5O4/c1-5-6-7-8-9-10-11-14-20-26(27,28)24(37)30-17-21(34)31-18(13-12-15-29)22(35)32-19(23(36)33-20)16-25(2,3)4/h18-20H,5-17,29H2,1-4H3,(H,30,37)(H,31,34)(H,32,35)(H,33,36)/t18-,19-,20-/m0/s1. The maximum atomic E-state index is 15.3. The van der Waals surface area contributed by atoms with Crippen LogP contribution in [0.1, 0.15) is 98.3 Å². The fraction of sp³-hybridized carbons (Fsp3) is 0.846. The van der Waals surface area contributed by atoms with Crippen LogP contribution in [0.5, 0.6) is 0 Å². The van der Waals surface area contributed by atoms with Crippen molar-refractivity contribution in [2.75, 3.05) is 13.1 Å². The predicted octanol–water partition coefficient (Wildman–Crippen LogP) is 2.52. The Hall–Kier alpha value is -2.30. The largest absolute Gasteiger partial charge is 0.345 e. The minimum absolute atomic E-state index is 0.110. The molecule has 0 bridgehead atoms. The van der Waals surface area contributed by atoms with Crippen molar-refractivity contribution in [3.63, 3.8) is 0 Å². The van der Waals surface area contributed by atoms with Gasteiger partial charge in [0.2, 0.25) is 17.7 Å². The molecule has 4 amide bonds. The number of rotatable bonds is 12. The molecule has 0 aromatic rings. The van der Waals surface area contributed by atoms with Gasteiger partial charge < -0.3 is 27.0 Å². The maximum Gasteiger partial charge on any atom is 0.344 e. The normalized spacial score (nSPS) is 23.6. The van der Waals surface area contributed by atoms with Crippen LogP contribution in [0.2, 0.25) is 0 Å². The second-order valence-corrected chi connectivity index (χ2v) is 11.2. The molecule has 9 nitrogen and oxygen atoms in total. The summed E-state index contributed by atoms with van der Waals surface area (Å²) in [7, 11) is 0. The quantitative estimate of drug-likeness (QED) is 0.246. The van der Waals surface area contributed by atoms with Crippen LogP contribution in [0.4, 0.5) is 8.78 Å². The Labute approximate surface area is 219 Å². The lowest BCUT2D eigenvalue weighted by atomic mass is 9.87. The van der Waals surface area contributed by atoms with Gasteiger partial charge in [-0.25, -0.2) is 0 Å². The molecule has 1 rings (SSSR count). The Morgan fingerprint density at radius 3 is 2.03 bits per heavy atom. The van der Waals surface area contributed by atoms with Gasteiger partial charge >= 0.3 is 5.92 Å². The van der Waals surface area contributed by atoms with E-state index in [0.717, 1.165) is 32.1 Å². The molecule has 0 spiro atoms. The lowest BCUT2D eigenvalue weighted by Gasteiger charge is -2.31. The van der Waals surface area contributed by atoms with E-state index < -0.39 is 59.6 Å². The topological polar surface area (TPSA) is 142 Å². The van der Waals surface area contributed by atoms with Crippen LogP contribution in [0, 0.1) is 5.41 Å². The highest BCUT2D eigenvalue weighted by Gasteiger charge is 2.48. The lowest BCUT2D eigenvalue weighted by molar-refractivity contribution is -0.153. The van der Waals surface area contributed by atoms with E-state index in [-0.39, 0.29) is 25.8 Å². The predicted molar refractivity (Wildman–Crippen MR) is 139 cm³/mol. The van der Waals surface area contributed by atoms with Gasteiger partial charge in [0, 0.05) is 0 Å². The number of nitrogens with two attached hydrogens (primary N) is 1. The summed E-state index contributed by atoms with van der Waals surface area (Å²) in [6.45, 7) is 7.25. The molecule has 0 aromatic heterocycles. The van der Waals surface area contributed by atoms with Gasteiger partial charge in [0.05, 0.1) is 6.54 Å². The molecule has 0 aliphatic carbocycles. The van der Waals surface area contributed by atoms with Crippen molar-refractivity contribution in [3.05, 3.63) is 0 Å². The number of amides is 4. The van der Waals surface area contributed by atoms with Crippen LogP contribution < -0.4 is 27.0 Å². The van der Waals surface area contributed by atoms with E-state index >= 15 is 8.78 Å². The highest BCUT2D eigenvalue weighted by Crippen LogP contribution is 2.26. The third-order valence-electron chi connectivity index (χ3n) is 6.36. The SMILES string of the molecule is CCCCCCCCC[C@@H]1NC(=O)[C@H](CC(C)(C)C)NC(=O)[C@H](CCCN)NC(=O)CNC(=O)C1(F)F. The van der Waals surface area contributed by atoms with Gasteiger partial charge in [-0.3, -0.25) is 19.2 Å². The fourth-order valence-corrected chi connectivity index (χ4v) is 4.29. The Morgan fingerprint density at radius 2 is 1.43 bits per heavy atom. The van der Waals surface area contributed by atoms with E-state index in [1.807, 2.05) is 26.1 Å². The molecule has 3 atom stereocenters. The molecule has 1 saturated heterocycles. The molecule has 1 aliphatic heterocycles. The lowest BCUT2D eigenvalue weighted by Crippen LogP contribution is -2.59. The van der Waals surface area contributed by atoms with Gasteiger partial charge in [0.1, 0.15) is 18.1 Å². The van der Waals surface area contributed by atoms with Crippen molar-refractivity contribution in [3.8, 4) is 0 Å². The molecule has 6 N–H and O–H groups in total. The summed E-state index contributed by atoms with van der Waals surface area (Å²) in [5, 5.41) is 9.42. The summed E-state index contributed by atoms with van der Waals surface area (Å²) < 4.78 is 30.5. The first kappa shape index (κ1) is 32.7. The van der Waals surface area contributed by atoms with Gasteiger partial charge in [-0.15, -0.1) is 0 Å². The van der Waals surface area contributed by atoms with Crippen molar-refractivity contribution in [1.29, 1.82) is 0 Å². The minimum atomic E-state index is -3.94. The number of hydrogen-bond acceptors (Lipinski definition) is 5. The van der Waals surface area contributed by atoms with Crippen molar-refractivity contribution in [2.45, 2.75) is 122 Å². The number of hydrogen-bond donors (Lipinski definition) is 5. The van der Waals surface area contributed by atoms with E-state index in [9.17, 15) is 19.2 Å². The zero-order chi connectivity index (χ0) is 28.1. The number of carbonyl (C=O) groups is 4. The molecular weight excluding hydrogens is 484 g/mol. The smallest absolute Gasteiger partial charge is 0.344 e. The Morgan fingerprint density at radius 1 is 0.838 bits per heavy atom. The Kier molecular flexibility index (Phi) is 14.0. The number of halogens is 2.